The molecule has 8 nitrogen and oxygen atoms in total. The summed E-state index contributed by atoms with van der Waals surface area (Å²) in [5.74, 6) is -0.401. The highest BCUT2D eigenvalue weighted by molar-refractivity contribution is 7.90. The predicted octanol–water partition coefficient (Wildman–Crippen LogP) is 0.854. The molecule has 0 aliphatic carbocycles. The van der Waals surface area contributed by atoms with Gasteiger partial charge in [0.1, 0.15) is 0 Å². The van der Waals surface area contributed by atoms with Crippen molar-refractivity contribution >= 4 is 33.8 Å². The molecule has 1 aliphatic heterocycles. The molecule has 0 saturated carbocycles. The highest BCUT2D eigenvalue weighted by Crippen LogP contribution is 2.22. The van der Waals surface area contributed by atoms with E-state index in [0.717, 1.165) is 18.4 Å². The van der Waals surface area contributed by atoms with Gasteiger partial charge >= 0.3 is 0 Å². The quantitative estimate of drug-likeness (QED) is 0.629. The van der Waals surface area contributed by atoms with Crippen LogP contribution in [0.4, 0.5) is 5.69 Å². The number of nitro benzene ring substituents is 1. The molecule has 10 heteroatoms. The van der Waals surface area contributed by atoms with Crippen LogP contribution in [0.3, 0.4) is 0 Å². The number of rotatable bonds is 3. The smallest absolute Gasteiger partial charge is 0.271 e. The number of piperazine rings is 1. The molecule has 23 heavy (non-hydrogen) atoms. The van der Waals surface area contributed by atoms with Gasteiger partial charge < -0.3 is 10.2 Å². The number of hydrogen-bond donors (Lipinski definition) is 1. The van der Waals surface area contributed by atoms with Crippen molar-refractivity contribution in [3.05, 3.63) is 33.9 Å². The highest BCUT2D eigenvalue weighted by atomic mass is 35.5. The van der Waals surface area contributed by atoms with Crippen LogP contribution in [0.25, 0.3) is 0 Å². The van der Waals surface area contributed by atoms with Gasteiger partial charge in [0.05, 0.1) is 9.82 Å². The molecule has 1 N–H and O–H groups in total. The van der Waals surface area contributed by atoms with Gasteiger partial charge in [-0.15, -0.1) is 12.4 Å². The zero-order valence-electron chi connectivity index (χ0n) is 12.7. The molecule has 1 unspecified atom stereocenters. The number of nitrogens with one attached hydrogen (secondary N) is 1. The number of halogens is 1. The van der Waals surface area contributed by atoms with Gasteiger partial charge in [-0.3, -0.25) is 14.9 Å². The lowest BCUT2D eigenvalue weighted by atomic mass is 10.1. The Bertz CT molecular complexity index is 722. The Morgan fingerprint density at radius 1 is 1.39 bits per heavy atom. The fourth-order valence-corrected chi connectivity index (χ4v) is 3.00. The Kier molecular flexibility index (Phi) is 6.09. The van der Waals surface area contributed by atoms with E-state index in [1.165, 1.54) is 6.07 Å². The van der Waals surface area contributed by atoms with Gasteiger partial charge in [0.25, 0.3) is 11.6 Å². The van der Waals surface area contributed by atoms with Gasteiger partial charge in [-0.25, -0.2) is 8.42 Å². The third-order valence-electron chi connectivity index (χ3n) is 3.43. The van der Waals surface area contributed by atoms with Gasteiger partial charge in [-0.05, 0) is 13.0 Å². The van der Waals surface area contributed by atoms with E-state index in [4.69, 9.17) is 0 Å². The molecule has 0 aromatic heterocycles. The molecule has 2 rings (SSSR count). The number of sulfone groups is 1. The standard InChI is InChI=1S/C13H17N3O5S.ClH/c1-9-8-15(4-3-14-9)13(17)10-5-11(16(18)19)7-12(6-10)22(2,20)21;/h5-7,9,14H,3-4,8H2,1-2H3;1H. The summed E-state index contributed by atoms with van der Waals surface area (Å²) in [6.07, 6.45) is 0.952. The monoisotopic (exact) mass is 363 g/mol. The summed E-state index contributed by atoms with van der Waals surface area (Å²) in [4.78, 5) is 24.1. The van der Waals surface area contributed by atoms with Crippen LogP contribution >= 0.6 is 12.4 Å². The van der Waals surface area contributed by atoms with Gasteiger partial charge in [-0.1, -0.05) is 0 Å². The van der Waals surface area contributed by atoms with Crippen molar-refractivity contribution in [3.63, 3.8) is 0 Å². The zero-order valence-corrected chi connectivity index (χ0v) is 14.3. The molecule has 0 bridgehead atoms. The van der Waals surface area contributed by atoms with E-state index in [1.807, 2.05) is 6.92 Å². The number of benzene rings is 1. The average molecular weight is 364 g/mol. The summed E-state index contributed by atoms with van der Waals surface area (Å²) in [6, 6.07) is 3.39. The number of carbonyl (C=O) groups is 1. The molecule has 1 aromatic rings. The summed E-state index contributed by atoms with van der Waals surface area (Å²) in [5.41, 5.74) is -0.391. The minimum Gasteiger partial charge on any atom is -0.336 e. The number of hydrogen-bond acceptors (Lipinski definition) is 6. The Morgan fingerprint density at radius 3 is 2.57 bits per heavy atom. The second kappa shape index (κ2) is 7.24. The van der Waals surface area contributed by atoms with Gasteiger partial charge in [0, 0.05) is 49.6 Å². The Hall–Kier alpha value is -1.71. The predicted molar refractivity (Wildman–Crippen MR) is 86.8 cm³/mol. The fraction of sp³-hybridized carbons (Fsp3) is 0.462. The summed E-state index contributed by atoms with van der Waals surface area (Å²) in [6.45, 7) is 3.49. The summed E-state index contributed by atoms with van der Waals surface area (Å²) < 4.78 is 23.3. The van der Waals surface area contributed by atoms with Crippen molar-refractivity contribution in [2.45, 2.75) is 17.9 Å². The lowest BCUT2D eigenvalue weighted by Gasteiger charge is -2.32. The number of nitrogens with zero attached hydrogens (tertiary/aromatic N) is 2. The molecule has 1 amide bonds. The maximum atomic E-state index is 12.5. The molecule has 0 radical (unpaired) electrons. The summed E-state index contributed by atoms with van der Waals surface area (Å²) >= 11 is 0. The average Bonchev–Trinajstić information content (AvgIpc) is 2.45. The highest BCUT2D eigenvalue weighted by Gasteiger charge is 2.25. The van der Waals surface area contributed by atoms with Crippen LogP contribution in [0, 0.1) is 10.1 Å². The Balaban J connectivity index is 0.00000264. The molecule has 1 saturated heterocycles. The molecule has 1 aromatic carbocycles. The number of nitro groups is 1. The zero-order chi connectivity index (χ0) is 16.5. The van der Waals surface area contributed by atoms with E-state index in [2.05, 4.69) is 5.32 Å². The second-order valence-electron chi connectivity index (χ2n) is 5.35. The molecule has 1 atom stereocenters. The third kappa shape index (κ3) is 4.63. The van der Waals surface area contributed by atoms with Gasteiger partial charge in [-0.2, -0.15) is 0 Å². The van der Waals surface area contributed by atoms with E-state index in [9.17, 15) is 23.3 Å². The number of non-ortho nitro benzene ring substituents is 1. The normalized spacial score (nSPS) is 18.2. The fourth-order valence-electron chi connectivity index (χ4n) is 2.33. The lowest BCUT2D eigenvalue weighted by molar-refractivity contribution is -0.385. The van der Waals surface area contributed by atoms with Crippen molar-refractivity contribution < 1.29 is 18.1 Å². The first-order chi connectivity index (χ1) is 10.2. The topological polar surface area (TPSA) is 110 Å². The van der Waals surface area contributed by atoms with E-state index in [-0.39, 0.29) is 28.9 Å². The molecular weight excluding hydrogens is 346 g/mol. The maximum absolute atomic E-state index is 12.5. The largest absolute Gasteiger partial charge is 0.336 e. The van der Waals surface area contributed by atoms with Crippen LogP contribution in [0.5, 0.6) is 0 Å². The van der Waals surface area contributed by atoms with Crippen molar-refractivity contribution in [1.82, 2.24) is 10.2 Å². The van der Waals surface area contributed by atoms with E-state index in [1.54, 1.807) is 4.90 Å². The minimum atomic E-state index is -3.64. The van der Waals surface area contributed by atoms with Gasteiger partial charge in [0.2, 0.25) is 0 Å². The first kappa shape index (κ1) is 19.3. The first-order valence-corrected chi connectivity index (χ1v) is 8.60. The van der Waals surface area contributed by atoms with Gasteiger partial charge in [0.15, 0.2) is 9.84 Å². The maximum Gasteiger partial charge on any atom is 0.271 e. The Morgan fingerprint density at radius 2 is 2.04 bits per heavy atom. The third-order valence-corrected chi connectivity index (χ3v) is 4.53. The number of carbonyl (C=O) groups excluding carboxylic acids is 1. The second-order valence-corrected chi connectivity index (χ2v) is 7.37. The summed E-state index contributed by atoms with van der Waals surface area (Å²) in [5, 5.41) is 14.1. The minimum absolute atomic E-state index is 0. The van der Waals surface area contributed by atoms with Crippen LogP contribution in [0.15, 0.2) is 23.1 Å². The van der Waals surface area contributed by atoms with Crippen molar-refractivity contribution in [1.29, 1.82) is 0 Å². The van der Waals surface area contributed by atoms with Crippen LogP contribution in [-0.4, -0.2) is 56.1 Å². The lowest BCUT2D eigenvalue weighted by Crippen LogP contribution is -2.51. The summed E-state index contributed by atoms with van der Waals surface area (Å²) in [7, 11) is -3.64. The Labute approximate surface area is 140 Å². The van der Waals surface area contributed by atoms with Crippen LogP contribution in [-0.2, 0) is 9.84 Å². The van der Waals surface area contributed by atoms with Crippen LogP contribution in [0.1, 0.15) is 17.3 Å². The molecule has 1 fully saturated rings. The van der Waals surface area contributed by atoms with E-state index < -0.39 is 26.4 Å². The van der Waals surface area contributed by atoms with Crippen LogP contribution in [0.2, 0.25) is 0 Å². The first-order valence-electron chi connectivity index (χ1n) is 6.70. The molecule has 0 spiro atoms. The van der Waals surface area contributed by atoms with Crippen LogP contribution < -0.4 is 5.32 Å². The van der Waals surface area contributed by atoms with E-state index >= 15 is 0 Å². The van der Waals surface area contributed by atoms with Crippen molar-refractivity contribution in [2.75, 3.05) is 25.9 Å². The molecule has 1 aliphatic rings. The van der Waals surface area contributed by atoms with Crippen molar-refractivity contribution in [3.8, 4) is 0 Å². The van der Waals surface area contributed by atoms with E-state index in [0.29, 0.717) is 19.6 Å². The van der Waals surface area contributed by atoms with Crippen molar-refractivity contribution in [2.24, 2.45) is 0 Å². The molecular formula is C13H18ClN3O5S. The SMILES string of the molecule is CC1CN(C(=O)c2cc([N+](=O)[O-])cc(S(C)(=O)=O)c2)CCN1.Cl. The molecule has 1 heterocycles. The number of amides is 1. The molecule has 128 valence electrons.